The smallest absolute Gasteiger partial charge is 0.331 e. The summed E-state index contributed by atoms with van der Waals surface area (Å²) >= 11 is 0. The van der Waals surface area contributed by atoms with E-state index >= 15 is 0 Å². The van der Waals surface area contributed by atoms with Gasteiger partial charge in [0.15, 0.2) is 18.1 Å². The second-order valence-electron chi connectivity index (χ2n) is 6.41. The molecule has 1 aliphatic carbocycles. The Morgan fingerprint density at radius 1 is 1.11 bits per heavy atom. The first kappa shape index (κ1) is 19.5. The largest absolute Gasteiger partial charge is 0.493 e. The third kappa shape index (κ3) is 4.71. The van der Waals surface area contributed by atoms with E-state index in [1.165, 1.54) is 11.6 Å². The zero-order valence-corrected chi connectivity index (χ0v) is 15.9. The Morgan fingerprint density at radius 3 is 2.68 bits per heavy atom. The van der Waals surface area contributed by atoms with Crippen molar-refractivity contribution in [1.29, 1.82) is 0 Å². The molecule has 0 aliphatic heterocycles. The van der Waals surface area contributed by atoms with Crippen molar-refractivity contribution in [2.24, 2.45) is 0 Å². The highest BCUT2D eigenvalue weighted by molar-refractivity contribution is 5.89. The van der Waals surface area contributed by atoms with Gasteiger partial charge in [-0.05, 0) is 47.7 Å². The highest BCUT2D eigenvalue weighted by atomic mass is 16.5. The van der Waals surface area contributed by atoms with Gasteiger partial charge in [0, 0.05) is 6.08 Å². The summed E-state index contributed by atoms with van der Waals surface area (Å²) in [5.74, 6) is 0.271. The molecular formula is C22H23NO5. The van der Waals surface area contributed by atoms with Crippen LogP contribution in [0.2, 0.25) is 0 Å². The second-order valence-corrected chi connectivity index (χ2v) is 6.41. The summed E-state index contributed by atoms with van der Waals surface area (Å²) in [6.07, 6.45) is 4.67. The quantitative estimate of drug-likeness (QED) is 0.589. The zero-order valence-electron chi connectivity index (χ0n) is 15.9. The van der Waals surface area contributed by atoms with Crippen molar-refractivity contribution >= 4 is 18.0 Å². The number of amides is 1. The molecule has 1 atom stereocenters. The lowest BCUT2D eigenvalue weighted by atomic mass is 10.1. The van der Waals surface area contributed by atoms with E-state index in [2.05, 4.69) is 11.4 Å². The fraction of sp³-hybridized carbons (Fsp3) is 0.273. The maximum Gasteiger partial charge on any atom is 0.331 e. The number of nitrogens with one attached hydrogen (secondary N) is 1. The van der Waals surface area contributed by atoms with Crippen LogP contribution in [0.5, 0.6) is 11.5 Å². The Morgan fingerprint density at radius 2 is 1.89 bits per heavy atom. The molecule has 6 nitrogen and oxygen atoms in total. The Bertz CT molecular complexity index is 890. The van der Waals surface area contributed by atoms with Crippen molar-refractivity contribution < 1.29 is 23.8 Å². The molecule has 0 heterocycles. The molecule has 0 bridgehead atoms. The minimum absolute atomic E-state index is 0.0234. The van der Waals surface area contributed by atoms with Crippen LogP contribution in [-0.2, 0) is 20.7 Å². The summed E-state index contributed by atoms with van der Waals surface area (Å²) in [5.41, 5.74) is 3.14. The highest BCUT2D eigenvalue weighted by Crippen LogP contribution is 2.30. The molecule has 2 aromatic rings. The van der Waals surface area contributed by atoms with E-state index < -0.39 is 5.97 Å². The molecule has 0 radical (unpaired) electrons. The van der Waals surface area contributed by atoms with Gasteiger partial charge < -0.3 is 19.5 Å². The molecule has 0 saturated carbocycles. The molecule has 0 spiro atoms. The number of hydrogen-bond acceptors (Lipinski definition) is 5. The summed E-state index contributed by atoms with van der Waals surface area (Å²) in [6, 6.07) is 13.3. The molecule has 3 rings (SSSR count). The van der Waals surface area contributed by atoms with Crippen LogP contribution in [0.25, 0.3) is 6.08 Å². The molecule has 1 unspecified atom stereocenters. The van der Waals surface area contributed by atoms with Crippen molar-refractivity contribution in [2.75, 3.05) is 20.8 Å². The van der Waals surface area contributed by atoms with Crippen molar-refractivity contribution in [3.05, 3.63) is 65.2 Å². The van der Waals surface area contributed by atoms with Crippen LogP contribution in [-0.4, -0.2) is 32.7 Å². The molecule has 2 aromatic carbocycles. The van der Waals surface area contributed by atoms with Crippen molar-refractivity contribution in [3.8, 4) is 11.5 Å². The Balaban J connectivity index is 1.49. The summed E-state index contributed by atoms with van der Waals surface area (Å²) < 4.78 is 15.4. The molecule has 0 fully saturated rings. The van der Waals surface area contributed by atoms with Crippen molar-refractivity contribution in [3.63, 3.8) is 0 Å². The predicted molar refractivity (Wildman–Crippen MR) is 105 cm³/mol. The number of hydrogen-bond donors (Lipinski definition) is 1. The van der Waals surface area contributed by atoms with Crippen LogP contribution in [0.15, 0.2) is 48.5 Å². The van der Waals surface area contributed by atoms with Crippen LogP contribution in [0.1, 0.15) is 29.2 Å². The van der Waals surface area contributed by atoms with E-state index in [0.29, 0.717) is 11.5 Å². The van der Waals surface area contributed by atoms with Gasteiger partial charge in [-0.15, -0.1) is 0 Å². The fourth-order valence-electron chi connectivity index (χ4n) is 3.25. The third-order valence-corrected chi connectivity index (χ3v) is 4.63. The van der Waals surface area contributed by atoms with Crippen molar-refractivity contribution in [1.82, 2.24) is 5.32 Å². The maximum atomic E-state index is 12.1. The SMILES string of the molecule is COc1ccc(C=CC(=O)OCC(=O)NC2CCc3ccccc32)cc1OC. The Labute approximate surface area is 164 Å². The molecule has 1 aliphatic rings. The van der Waals surface area contributed by atoms with Gasteiger partial charge >= 0.3 is 5.97 Å². The number of carbonyl (C=O) groups excluding carboxylic acids is 2. The van der Waals surface area contributed by atoms with Crippen molar-refractivity contribution in [2.45, 2.75) is 18.9 Å². The molecule has 146 valence electrons. The van der Waals surface area contributed by atoms with E-state index in [9.17, 15) is 9.59 Å². The number of rotatable bonds is 7. The predicted octanol–water partition coefficient (Wildman–Crippen LogP) is 3.06. The minimum Gasteiger partial charge on any atom is -0.493 e. The first-order valence-electron chi connectivity index (χ1n) is 9.04. The lowest BCUT2D eigenvalue weighted by Gasteiger charge is -2.13. The number of carbonyl (C=O) groups is 2. The third-order valence-electron chi connectivity index (χ3n) is 4.63. The minimum atomic E-state index is -0.586. The topological polar surface area (TPSA) is 73.9 Å². The van der Waals surface area contributed by atoms with Crippen LogP contribution in [0, 0.1) is 0 Å². The Hall–Kier alpha value is -3.28. The van der Waals surface area contributed by atoms with Gasteiger partial charge in [0.05, 0.1) is 20.3 Å². The summed E-state index contributed by atoms with van der Waals surface area (Å²) in [6.45, 7) is -0.312. The number of esters is 1. The first-order chi connectivity index (χ1) is 13.6. The molecule has 0 aromatic heterocycles. The molecule has 28 heavy (non-hydrogen) atoms. The average molecular weight is 381 g/mol. The number of fused-ring (bicyclic) bond motifs is 1. The van der Waals surface area contributed by atoms with Gasteiger partial charge in [0.2, 0.25) is 0 Å². The normalized spacial score (nSPS) is 15.1. The van der Waals surface area contributed by atoms with Crippen LogP contribution in [0.3, 0.4) is 0 Å². The summed E-state index contributed by atoms with van der Waals surface area (Å²) in [7, 11) is 3.10. The van der Waals surface area contributed by atoms with Gasteiger partial charge in [-0.2, -0.15) is 0 Å². The van der Waals surface area contributed by atoms with Crippen LogP contribution in [0.4, 0.5) is 0 Å². The zero-order chi connectivity index (χ0) is 19.9. The first-order valence-corrected chi connectivity index (χ1v) is 9.04. The van der Waals surface area contributed by atoms with E-state index in [0.717, 1.165) is 24.0 Å². The van der Waals surface area contributed by atoms with Gasteiger partial charge in [-0.1, -0.05) is 30.3 Å². The fourth-order valence-corrected chi connectivity index (χ4v) is 3.25. The van der Waals surface area contributed by atoms with E-state index in [4.69, 9.17) is 14.2 Å². The number of aryl methyl sites for hydroxylation is 1. The van der Waals surface area contributed by atoms with Gasteiger partial charge in [-0.25, -0.2) is 4.79 Å². The highest BCUT2D eigenvalue weighted by Gasteiger charge is 2.23. The average Bonchev–Trinajstić information content (AvgIpc) is 3.13. The van der Waals surface area contributed by atoms with E-state index in [-0.39, 0.29) is 18.6 Å². The maximum absolute atomic E-state index is 12.1. The monoisotopic (exact) mass is 381 g/mol. The van der Waals surface area contributed by atoms with Gasteiger partial charge in [0.25, 0.3) is 5.91 Å². The lowest BCUT2D eigenvalue weighted by molar-refractivity contribution is -0.144. The van der Waals surface area contributed by atoms with Gasteiger partial charge in [-0.3, -0.25) is 4.79 Å². The number of methoxy groups -OCH3 is 2. The molecule has 1 N–H and O–H groups in total. The van der Waals surface area contributed by atoms with Crippen LogP contribution < -0.4 is 14.8 Å². The molecule has 6 heteroatoms. The Kier molecular flexibility index (Phi) is 6.32. The van der Waals surface area contributed by atoms with Gasteiger partial charge in [0.1, 0.15) is 0 Å². The van der Waals surface area contributed by atoms with E-state index in [1.54, 1.807) is 38.5 Å². The number of benzene rings is 2. The summed E-state index contributed by atoms with van der Waals surface area (Å²) in [4.78, 5) is 24.0. The molecule has 0 saturated heterocycles. The standard InChI is InChI=1S/C22H23NO5/c1-26-19-11-7-15(13-20(19)27-2)8-12-22(25)28-14-21(24)23-18-10-9-16-5-3-4-6-17(16)18/h3-8,11-13,18H,9-10,14H2,1-2H3,(H,23,24). The molecular weight excluding hydrogens is 358 g/mol. The molecule has 1 amide bonds. The second kappa shape index (κ2) is 9.08. The summed E-state index contributed by atoms with van der Waals surface area (Å²) in [5, 5.41) is 2.92. The van der Waals surface area contributed by atoms with E-state index in [1.807, 2.05) is 18.2 Å². The van der Waals surface area contributed by atoms with Crippen LogP contribution >= 0.6 is 0 Å². The number of ether oxygens (including phenoxy) is 3. The lowest BCUT2D eigenvalue weighted by Crippen LogP contribution is -2.31.